The van der Waals surface area contributed by atoms with E-state index in [-0.39, 0.29) is 18.2 Å². The Labute approximate surface area is 93.3 Å². The Kier molecular flexibility index (Phi) is 2.72. The van der Waals surface area contributed by atoms with Crippen LogP contribution in [-0.4, -0.2) is 16.7 Å². The van der Waals surface area contributed by atoms with Crippen LogP contribution in [0, 0.1) is 0 Å². The molecule has 0 saturated carbocycles. The summed E-state index contributed by atoms with van der Waals surface area (Å²) in [5.74, 6) is 0.00588. The van der Waals surface area contributed by atoms with E-state index >= 15 is 0 Å². The minimum absolute atomic E-state index is 0.00588. The molecule has 0 aliphatic carbocycles. The molecule has 0 bridgehead atoms. The van der Waals surface area contributed by atoms with E-state index in [0.29, 0.717) is 0 Å². The third kappa shape index (κ3) is 1.95. The summed E-state index contributed by atoms with van der Waals surface area (Å²) in [7, 11) is 0. The average Bonchev–Trinajstić information content (AvgIpc) is 2.29. The zero-order valence-corrected chi connectivity index (χ0v) is 8.67. The standard InChI is InChI=1S/C12H12N2O2/c13-12(16)14-7-6-10(15)8-11(14)9-4-2-1-3-5-9/h1-7,11H,8H2,(H2,13,16). The molecule has 1 unspecified atom stereocenters. The lowest BCUT2D eigenvalue weighted by Gasteiger charge is -2.29. The van der Waals surface area contributed by atoms with Gasteiger partial charge in [0, 0.05) is 12.6 Å². The molecule has 0 radical (unpaired) electrons. The van der Waals surface area contributed by atoms with Gasteiger partial charge in [-0.25, -0.2) is 4.79 Å². The summed E-state index contributed by atoms with van der Waals surface area (Å²) in [6, 6.07) is 8.57. The van der Waals surface area contributed by atoms with Crippen molar-refractivity contribution in [1.82, 2.24) is 4.90 Å². The molecule has 4 heteroatoms. The fourth-order valence-corrected chi connectivity index (χ4v) is 1.80. The van der Waals surface area contributed by atoms with Crippen LogP contribution < -0.4 is 5.73 Å². The minimum Gasteiger partial charge on any atom is -0.351 e. The van der Waals surface area contributed by atoms with Crippen LogP contribution in [0.1, 0.15) is 18.0 Å². The summed E-state index contributed by atoms with van der Waals surface area (Å²) >= 11 is 0. The molecular formula is C12H12N2O2. The topological polar surface area (TPSA) is 63.4 Å². The molecule has 4 nitrogen and oxygen atoms in total. The smallest absolute Gasteiger partial charge is 0.319 e. The number of allylic oxidation sites excluding steroid dienone is 1. The molecule has 2 rings (SSSR count). The van der Waals surface area contributed by atoms with Crippen molar-refractivity contribution in [3.63, 3.8) is 0 Å². The average molecular weight is 216 g/mol. The number of benzene rings is 1. The second kappa shape index (κ2) is 4.18. The summed E-state index contributed by atoms with van der Waals surface area (Å²) in [5.41, 5.74) is 6.18. The highest BCUT2D eigenvalue weighted by molar-refractivity contribution is 5.92. The molecule has 1 aliphatic rings. The van der Waals surface area contributed by atoms with Crippen LogP contribution in [0.15, 0.2) is 42.6 Å². The van der Waals surface area contributed by atoms with Gasteiger partial charge in [0.25, 0.3) is 0 Å². The maximum atomic E-state index is 11.3. The quantitative estimate of drug-likeness (QED) is 0.774. The van der Waals surface area contributed by atoms with Crippen LogP contribution in [0.5, 0.6) is 0 Å². The summed E-state index contributed by atoms with van der Waals surface area (Å²) in [4.78, 5) is 24.0. The highest BCUT2D eigenvalue weighted by Gasteiger charge is 2.26. The first-order valence-corrected chi connectivity index (χ1v) is 5.02. The number of rotatable bonds is 1. The number of amides is 2. The van der Waals surface area contributed by atoms with Crippen LogP contribution in [0.3, 0.4) is 0 Å². The number of nitrogens with two attached hydrogens (primary N) is 1. The van der Waals surface area contributed by atoms with Gasteiger partial charge in [-0.05, 0) is 11.6 Å². The van der Waals surface area contributed by atoms with E-state index in [2.05, 4.69) is 0 Å². The highest BCUT2D eigenvalue weighted by Crippen LogP contribution is 2.27. The van der Waals surface area contributed by atoms with Crippen molar-refractivity contribution in [2.45, 2.75) is 12.5 Å². The van der Waals surface area contributed by atoms with Gasteiger partial charge in [0.2, 0.25) is 0 Å². The Balaban J connectivity index is 2.34. The number of hydrogen-bond donors (Lipinski definition) is 1. The summed E-state index contributed by atoms with van der Waals surface area (Å²) < 4.78 is 0. The number of hydrogen-bond acceptors (Lipinski definition) is 2. The van der Waals surface area contributed by atoms with Gasteiger partial charge in [0.15, 0.2) is 5.78 Å². The Morgan fingerprint density at radius 2 is 2.00 bits per heavy atom. The fraction of sp³-hybridized carbons (Fsp3) is 0.167. The number of ketones is 1. The second-order valence-corrected chi connectivity index (χ2v) is 3.66. The Morgan fingerprint density at radius 1 is 1.31 bits per heavy atom. The van der Waals surface area contributed by atoms with E-state index in [4.69, 9.17) is 5.73 Å². The van der Waals surface area contributed by atoms with Crippen molar-refractivity contribution < 1.29 is 9.59 Å². The van der Waals surface area contributed by atoms with Crippen LogP contribution in [-0.2, 0) is 4.79 Å². The maximum Gasteiger partial charge on any atom is 0.319 e. The minimum atomic E-state index is -0.544. The summed E-state index contributed by atoms with van der Waals surface area (Å²) in [5, 5.41) is 0. The first-order valence-electron chi connectivity index (χ1n) is 5.02. The van der Waals surface area contributed by atoms with Crippen molar-refractivity contribution in [2.24, 2.45) is 5.73 Å². The number of nitrogens with zero attached hydrogens (tertiary/aromatic N) is 1. The zero-order valence-electron chi connectivity index (χ0n) is 8.67. The Morgan fingerprint density at radius 3 is 2.62 bits per heavy atom. The molecule has 1 atom stereocenters. The second-order valence-electron chi connectivity index (χ2n) is 3.66. The molecule has 2 amide bonds. The van der Waals surface area contributed by atoms with E-state index in [9.17, 15) is 9.59 Å². The molecule has 16 heavy (non-hydrogen) atoms. The van der Waals surface area contributed by atoms with Gasteiger partial charge in [-0.2, -0.15) is 0 Å². The van der Waals surface area contributed by atoms with Crippen molar-refractivity contribution in [1.29, 1.82) is 0 Å². The van der Waals surface area contributed by atoms with Gasteiger partial charge in [-0.15, -0.1) is 0 Å². The molecule has 0 saturated heterocycles. The number of carbonyl (C=O) groups is 2. The molecular weight excluding hydrogens is 204 g/mol. The third-order valence-corrected chi connectivity index (χ3v) is 2.59. The SMILES string of the molecule is NC(=O)N1C=CC(=O)CC1c1ccccc1. The van der Waals surface area contributed by atoms with Gasteiger partial charge in [0.05, 0.1) is 6.04 Å². The Bertz CT molecular complexity index is 440. The van der Waals surface area contributed by atoms with Crippen LogP contribution in [0.25, 0.3) is 0 Å². The zero-order chi connectivity index (χ0) is 11.5. The molecule has 1 aromatic carbocycles. The lowest BCUT2D eigenvalue weighted by Crippen LogP contribution is -2.37. The first-order chi connectivity index (χ1) is 7.68. The van der Waals surface area contributed by atoms with Gasteiger partial charge < -0.3 is 5.73 Å². The largest absolute Gasteiger partial charge is 0.351 e. The molecule has 1 aliphatic heterocycles. The van der Waals surface area contributed by atoms with Crippen molar-refractivity contribution >= 4 is 11.8 Å². The van der Waals surface area contributed by atoms with Crippen molar-refractivity contribution in [3.05, 3.63) is 48.2 Å². The molecule has 1 heterocycles. The summed E-state index contributed by atoms with van der Waals surface area (Å²) in [6.07, 6.45) is 3.11. The molecule has 1 aromatic rings. The van der Waals surface area contributed by atoms with E-state index < -0.39 is 6.03 Å². The van der Waals surface area contributed by atoms with Crippen LogP contribution in [0.2, 0.25) is 0 Å². The summed E-state index contributed by atoms with van der Waals surface area (Å²) in [6.45, 7) is 0. The fourth-order valence-electron chi connectivity index (χ4n) is 1.80. The maximum absolute atomic E-state index is 11.3. The molecule has 0 spiro atoms. The van der Waals surface area contributed by atoms with Crippen molar-refractivity contribution in [3.8, 4) is 0 Å². The normalized spacial score (nSPS) is 19.9. The monoisotopic (exact) mass is 216 g/mol. The molecule has 2 N–H and O–H groups in total. The van der Waals surface area contributed by atoms with Crippen LogP contribution >= 0.6 is 0 Å². The lowest BCUT2D eigenvalue weighted by molar-refractivity contribution is -0.116. The van der Waals surface area contributed by atoms with E-state index in [1.54, 1.807) is 0 Å². The van der Waals surface area contributed by atoms with Gasteiger partial charge in [0.1, 0.15) is 0 Å². The molecule has 0 fully saturated rings. The van der Waals surface area contributed by atoms with Crippen LogP contribution in [0.4, 0.5) is 4.79 Å². The molecule has 82 valence electrons. The number of urea groups is 1. The van der Waals surface area contributed by atoms with E-state index in [1.807, 2.05) is 30.3 Å². The predicted molar refractivity (Wildman–Crippen MR) is 59.4 cm³/mol. The van der Waals surface area contributed by atoms with Gasteiger partial charge >= 0.3 is 6.03 Å². The Hall–Kier alpha value is -2.10. The van der Waals surface area contributed by atoms with Crippen molar-refractivity contribution in [2.75, 3.05) is 0 Å². The first kappa shape index (κ1) is 10.4. The highest BCUT2D eigenvalue weighted by atomic mass is 16.2. The number of primary amides is 1. The lowest BCUT2D eigenvalue weighted by atomic mass is 9.98. The third-order valence-electron chi connectivity index (χ3n) is 2.59. The number of carbonyl (C=O) groups excluding carboxylic acids is 2. The van der Waals surface area contributed by atoms with E-state index in [1.165, 1.54) is 17.2 Å². The van der Waals surface area contributed by atoms with E-state index in [0.717, 1.165) is 5.56 Å². The predicted octanol–water partition coefficient (Wildman–Crippen LogP) is 1.59. The van der Waals surface area contributed by atoms with Gasteiger partial charge in [-0.3, -0.25) is 9.69 Å². The molecule has 0 aromatic heterocycles. The van der Waals surface area contributed by atoms with Gasteiger partial charge in [-0.1, -0.05) is 30.3 Å².